The average molecular weight is 348 g/mol. The van der Waals surface area contributed by atoms with Gasteiger partial charge in [-0.1, -0.05) is 60.7 Å². The molecule has 0 heterocycles. The number of hydrogen-bond acceptors (Lipinski definition) is 4. The summed E-state index contributed by atoms with van der Waals surface area (Å²) in [5.74, 6) is 0.590. The van der Waals surface area contributed by atoms with Crippen LogP contribution in [0.1, 0.15) is 21.5 Å². The van der Waals surface area contributed by atoms with Gasteiger partial charge in [0.05, 0.1) is 7.11 Å². The van der Waals surface area contributed by atoms with Gasteiger partial charge in [-0.05, 0) is 29.3 Å². The number of benzene rings is 3. The van der Waals surface area contributed by atoms with Crippen LogP contribution in [0.15, 0.2) is 78.9 Å². The minimum atomic E-state index is -0.460. The zero-order valence-corrected chi connectivity index (χ0v) is 14.6. The third kappa shape index (κ3) is 4.63. The number of methoxy groups -OCH3 is 1. The molecule has 0 radical (unpaired) electrons. The first-order valence-electron chi connectivity index (χ1n) is 8.32. The van der Waals surface area contributed by atoms with Crippen molar-refractivity contribution in [1.29, 1.82) is 0 Å². The summed E-state index contributed by atoms with van der Waals surface area (Å²) in [6, 6.07) is 24.8. The highest BCUT2D eigenvalue weighted by Gasteiger charge is 2.15. The van der Waals surface area contributed by atoms with Gasteiger partial charge in [-0.15, -0.1) is 0 Å². The molecule has 0 unspecified atom stereocenters. The molecule has 0 N–H and O–H groups in total. The maximum Gasteiger partial charge on any atom is 0.341 e. The fourth-order valence-electron chi connectivity index (χ4n) is 2.47. The van der Waals surface area contributed by atoms with Gasteiger partial charge in [-0.3, -0.25) is 0 Å². The minimum absolute atomic E-state index is 0.342. The second-order valence-corrected chi connectivity index (χ2v) is 5.70. The Morgan fingerprint density at radius 3 is 1.92 bits per heavy atom. The van der Waals surface area contributed by atoms with Crippen LogP contribution in [0.3, 0.4) is 0 Å². The third-order valence-corrected chi connectivity index (χ3v) is 3.84. The predicted octanol–water partition coefficient (Wildman–Crippen LogP) is 4.63. The van der Waals surface area contributed by atoms with Crippen molar-refractivity contribution in [2.75, 3.05) is 7.11 Å². The largest absolute Gasteiger partial charge is 0.489 e. The number of esters is 1. The van der Waals surface area contributed by atoms with Crippen LogP contribution >= 0.6 is 0 Å². The Bertz CT molecular complexity index is 845. The topological polar surface area (TPSA) is 44.8 Å². The summed E-state index contributed by atoms with van der Waals surface area (Å²) < 4.78 is 16.5. The van der Waals surface area contributed by atoms with Crippen LogP contribution in [0, 0.1) is 0 Å². The molecule has 3 aromatic rings. The van der Waals surface area contributed by atoms with Crippen molar-refractivity contribution in [2.45, 2.75) is 13.2 Å². The first-order chi connectivity index (χ1) is 12.8. The molecule has 0 amide bonds. The molecule has 0 aliphatic heterocycles. The smallest absolute Gasteiger partial charge is 0.341 e. The fraction of sp³-hybridized carbons (Fsp3) is 0.136. The summed E-state index contributed by atoms with van der Waals surface area (Å²) in [7, 11) is 1.35. The van der Waals surface area contributed by atoms with Gasteiger partial charge in [0, 0.05) is 0 Å². The lowest BCUT2D eigenvalue weighted by Gasteiger charge is -2.13. The molecular weight excluding hydrogens is 328 g/mol. The van der Waals surface area contributed by atoms with E-state index in [1.54, 1.807) is 18.2 Å². The molecule has 0 aliphatic carbocycles. The van der Waals surface area contributed by atoms with Gasteiger partial charge < -0.3 is 14.2 Å². The average Bonchev–Trinajstić information content (AvgIpc) is 2.72. The summed E-state index contributed by atoms with van der Waals surface area (Å²) in [6.07, 6.45) is 0. The van der Waals surface area contributed by atoms with Crippen LogP contribution in [0.25, 0.3) is 0 Å². The van der Waals surface area contributed by atoms with Crippen LogP contribution in [0.5, 0.6) is 11.5 Å². The molecule has 0 aromatic heterocycles. The van der Waals surface area contributed by atoms with Crippen LogP contribution < -0.4 is 9.47 Å². The normalized spacial score (nSPS) is 10.2. The number of carbonyl (C=O) groups is 1. The highest BCUT2D eigenvalue weighted by atomic mass is 16.5. The van der Waals surface area contributed by atoms with Crippen molar-refractivity contribution >= 4 is 5.97 Å². The van der Waals surface area contributed by atoms with E-state index >= 15 is 0 Å². The molecule has 132 valence electrons. The highest BCUT2D eigenvalue weighted by Crippen LogP contribution is 2.26. The zero-order chi connectivity index (χ0) is 18.2. The Balaban J connectivity index is 1.73. The van der Waals surface area contributed by atoms with Crippen molar-refractivity contribution in [3.05, 3.63) is 95.6 Å². The molecule has 0 fully saturated rings. The lowest BCUT2D eigenvalue weighted by Crippen LogP contribution is -2.07. The van der Waals surface area contributed by atoms with E-state index in [0.717, 1.165) is 11.1 Å². The molecule has 0 saturated carbocycles. The monoisotopic (exact) mass is 348 g/mol. The summed E-state index contributed by atoms with van der Waals surface area (Å²) >= 11 is 0. The van der Waals surface area contributed by atoms with E-state index in [1.165, 1.54) is 7.11 Å². The van der Waals surface area contributed by atoms with Crippen molar-refractivity contribution < 1.29 is 19.0 Å². The summed E-state index contributed by atoms with van der Waals surface area (Å²) in [5, 5.41) is 0. The number of rotatable bonds is 7. The van der Waals surface area contributed by atoms with Crippen LogP contribution in [0.2, 0.25) is 0 Å². The maximum absolute atomic E-state index is 12.1. The Kier molecular flexibility index (Phi) is 5.88. The maximum atomic E-state index is 12.1. The van der Waals surface area contributed by atoms with E-state index < -0.39 is 5.97 Å². The Morgan fingerprint density at radius 2 is 1.35 bits per heavy atom. The zero-order valence-electron chi connectivity index (χ0n) is 14.6. The van der Waals surface area contributed by atoms with Gasteiger partial charge in [-0.2, -0.15) is 0 Å². The van der Waals surface area contributed by atoms with Crippen LogP contribution in [-0.4, -0.2) is 13.1 Å². The standard InChI is InChI=1S/C22H20O4/c1-24-22(23)20-14-19(25-15-17-8-4-2-5-9-17)12-13-21(20)26-16-18-10-6-3-7-11-18/h2-14H,15-16H2,1H3. The molecule has 3 rings (SSSR count). The molecule has 4 nitrogen and oxygen atoms in total. The Morgan fingerprint density at radius 1 is 0.769 bits per heavy atom. The van der Waals surface area contributed by atoms with E-state index in [0.29, 0.717) is 30.3 Å². The van der Waals surface area contributed by atoms with Gasteiger partial charge in [-0.25, -0.2) is 4.79 Å². The number of carbonyl (C=O) groups excluding carboxylic acids is 1. The lowest BCUT2D eigenvalue weighted by molar-refractivity contribution is 0.0595. The SMILES string of the molecule is COC(=O)c1cc(OCc2ccccc2)ccc1OCc1ccccc1. The summed E-state index contributed by atoms with van der Waals surface area (Å²) in [6.45, 7) is 0.792. The van der Waals surface area contributed by atoms with Crippen LogP contribution in [0.4, 0.5) is 0 Å². The van der Waals surface area contributed by atoms with E-state index in [4.69, 9.17) is 14.2 Å². The molecule has 0 aliphatic rings. The Hall–Kier alpha value is -3.27. The molecule has 0 saturated heterocycles. The summed E-state index contributed by atoms with van der Waals surface area (Å²) in [5.41, 5.74) is 2.42. The molecule has 4 heteroatoms. The molecule has 0 atom stereocenters. The van der Waals surface area contributed by atoms with Crippen molar-refractivity contribution in [3.8, 4) is 11.5 Å². The van der Waals surface area contributed by atoms with E-state index in [-0.39, 0.29) is 0 Å². The van der Waals surface area contributed by atoms with Crippen molar-refractivity contribution in [2.24, 2.45) is 0 Å². The van der Waals surface area contributed by atoms with E-state index in [9.17, 15) is 4.79 Å². The minimum Gasteiger partial charge on any atom is -0.489 e. The van der Waals surface area contributed by atoms with Crippen molar-refractivity contribution in [3.63, 3.8) is 0 Å². The second-order valence-electron chi connectivity index (χ2n) is 5.70. The Labute approximate surface area is 153 Å². The van der Waals surface area contributed by atoms with Gasteiger partial charge in [0.1, 0.15) is 30.3 Å². The predicted molar refractivity (Wildman–Crippen MR) is 99.3 cm³/mol. The quantitative estimate of drug-likeness (QED) is 0.584. The molecule has 0 bridgehead atoms. The highest BCUT2D eigenvalue weighted by molar-refractivity contribution is 5.93. The summed E-state index contributed by atoms with van der Waals surface area (Å²) in [4.78, 5) is 12.1. The fourth-order valence-corrected chi connectivity index (χ4v) is 2.47. The first kappa shape index (κ1) is 17.5. The number of ether oxygens (including phenoxy) is 3. The van der Waals surface area contributed by atoms with E-state index in [2.05, 4.69) is 0 Å². The molecular formula is C22H20O4. The van der Waals surface area contributed by atoms with Crippen LogP contribution in [-0.2, 0) is 18.0 Å². The first-order valence-corrected chi connectivity index (χ1v) is 8.32. The molecule has 26 heavy (non-hydrogen) atoms. The molecule has 3 aromatic carbocycles. The van der Waals surface area contributed by atoms with Gasteiger partial charge in [0.2, 0.25) is 0 Å². The second kappa shape index (κ2) is 8.72. The van der Waals surface area contributed by atoms with Crippen molar-refractivity contribution in [1.82, 2.24) is 0 Å². The lowest BCUT2D eigenvalue weighted by atomic mass is 10.2. The van der Waals surface area contributed by atoms with Gasteiger partial charge in [0.25, 0.3) is 0 Å². The van der Waals surface area contributed by atoms with Gasteiger partial charge >= 0.3 is 5.97 Å². The van der Waals surface area contributed by atoms with E-state index in [1.807, 2.05) is 60.7 Å². The third-order valence-electron chi connectivity index (χ3n) is 3.84. The molecule has 0 spiro atoms. The number of hydrogen-bond donors (Lipinski definition) is 0. The van der Waals surface area contributed by atoms with Gasteiger partial charge in [0.15, 0.2) is 0 Å².